The molecule has 0 unspecified atom stereocenters. The van der Waals surface area contributed by atoms with E-state index in [1.807, 2.05) is 61.5 Å². The molecule has 0 fully saturated rings. The molecule has 0 spiro atoms. The van der Waals surface area contributed by atoms with Gasteiger partial charge >= 0.3 is 0 Å². The Morgan fingerprint density at radius 3 is 2.31 bits per heavy atom. The van der Waals surface area contributed by atoms with Gasteiger partial charge in [-0.1, -0.05) is 89.4 Å². The van der Waals surface area contributed by atoms with E-state index in [4.69, 9.17) is 11.6 Å². The number of sulfonamides is 1. The third-order valence-electron chi connectivity index (χ3n) is 6.12. The van der Waals surface area contributed by atoms with E-state index in [1.165, 1.54) is 11.0 Å². The van der Waals surface area contributed by atoms with E-state index in [-0.39, 0.29) is 24.6 Å². The van der Waals surface area contributed by atoms with Crippen molar-refractivity contribution in [1.29, 1.82) is 0 Å². The van der Waals surface area contributed by atoms with Crippen LogP contribution in [0.4, 0.5) is 5.69 Å². The summed E-state index contributed by atoms with van der Waals surface area (Å²) in [6.07, 6.45) is 3.03. The summed E-state index contributed by atoms with van der Waals surface area (Å²) in [6, 6.07) is 22.4. The number of nitrogens with one attached hydrogen (secondary N) is 1. The van der Waals surface area contributed by atoms with E-state index in [0.717, 1.165) is 39.0 Å². The van der Waals surface area contributed by atoms with Crippen LogP contribution in [0.15, 0.2) is 83.3 Å². The van der Waals surface area contributed by atoms with Gasteiger partial charge < -0.3 is 10.2 Å². The zero-order valence-electron chi connectivity index (χ0n) is 22.0. The van der Waals surface area contributed by atoms with Crippen LogP contribution >= 0.6 is 27.5 Å². The molecular formula is C29H33BrClN3O4S. The fraction of sp³-hybridized carbons (Fsp3) is 0.310. The zero-order chi connectivity index (χ0) is 28.4. The Morgan fingerprint density at radius 1 is 0.974 bits per heavy atom. The fourth-order valence-corrected chi connectivity index (χ4v) is 5.61. The summed E-state index contributed by atoms with van der Waals surface area (Å²) >= 11 is 9.60. The predicted octanol–water partition coefficient (Wildman–Crippen LogP) is 5.42. The van der Waals surface area contributed by atoms with Crippen LogP contribution in [0.5, 0.6) is 0 Å². The maximum absolute atomic E-state index is 14.0. The highest BCUT2D eigenvalue weighted by atomic mass is 79.9. The Balaban J connectivity index is 2.03. The molecule has 0 aliphatic heterocycles. The van der Waals surface area contributed by atoms with Crippen molar-refractivity contribution in [3.05, 3.63) is 99.5 Å². The molecule has 2 amide bonds. The number of rotatable bonds is 13. The second-order valence-electron chi connectivity index (χ2n) is 9.25. The Morgan fingerprint density at radius 2 is 1.67 bits per heavy atom. The van der Waals surface area contributed by atoms with Crippen molar-refractivity contribution in [2.24, 2.45) is 0 Å². The number of anilines is 1. The van der Waals surface area contributed by atoms with Crippen LogP contribution in [0, 0.1) is 0 Å². The number of halogens is 2. The molecule has 0 saturated heterocycles. The van der Waals surface area contributed by atoms with E-state index in [0.29, 0.717) is 11.6 Å². The van der Waals surface area contributed by atoms with E-state index < -0.39 is 28.5 Å². The maximum atomic E-state index is 14.0. The van der Waals surface area contributed by atoms with Gasteiger partial charge in [0.1, 0.15) is 12.6 Å². The van der Waals surface area contributed by atoms with Crippen molar-refractivity contribution in [3.63, 3.8) is 0 Å². The van der Waals surface area contributed by atoms with Crippen molar-refractivity contribution in [2.45, 2.75) is 38.8 Å². The number of unbranched alkanes of at least 4 members (excludes halogenated alkanes) is 1. The summed E-state index contributed by atoms with van der Waals surface area (Å²) in [7, 11) is -3.85. The average molecular weight is 635 g/mol. The van der Waals surface area contributed by atoms with Gasteiger partial charge in [0.25, 0.3) is 0 Å². The Labute approximate surface area is 244 Å². The average Bonchev–Trinajstić information content (AvgIpc) is 2.89. The van der Waals surface area contributed by atoms with Crippen molar-refractivity contribution < 1.29 is 18.0 Å². The molecule has 0 aromatic heterocycles. The van der Waals surface area contributed by atoms with E-state index >= 15 is 0 Å². The molecule has 7 nitrogen and oxygen atoms in total. The number of carbonyl (C=O) groups is 2. The third-order valence-corrected chi connectivity index (χ3v) is 7.99. The van der Waals surface area contributed by atoms with Crippen molar-refractivity contribution in [2.75, 3.05) is 23.7 Å². The quantitative estimate of drug-likeness (QED) is 0.254. The summed E-state index contributed by atoms with van der Waals surface area (Å²) in [6.45, 7) is 2.15. The van der Waals surface area contributed by atoms with Gasteiger partial charge in [-0.15, -0.1) is 0 Å². The van der Waals surface area contributed by atoms with Gasteiger partial charge in [-0.2, -0.15) is 0 Å². The van der Waals surface area contributed by atoms with E-state index in [1.54, 1.807) is 18.2 Å². The topological polar surface area (TPSA) is 86.8 Å². The lowest BCUT2D eigenvalue weighted by Gasteiger charge is -2.33. The SMILES string of the molecule is CCCCNC(=O)[C@H](Cc1ccccc1)N(Cc1cccc(Br)c1)C(=O)CN(c1cccc(Cl)c1)S(C)(=O)=O. The second kappa shape index (κ2) is 14.5. The minimum absolute atomic E-state index is 0.115. The molecule has 0 heterocycles. The molecular weight excluding hydrogens is 602 g/mol. The first-order valence-electron chi connectivity index (χ1n) is 12.7. The lowest BCUT2D eigenvalue weighted by Crippen LogP contribution is -2.53. The second-order valence-corrected chi connectivity index (χ2v) is 12.5. The van der Waals surface area contributed by atoms with Crippen molar-refractivity contribution >= 4 is 55.1 Å². The lowest BCUT2D eigenvalue weighted by molar-refractivity contribution is -0.140. The Kier molecular flexibility index (Phi) is 11.4. The molecule has 0 radical (unpaired) electrons. The van der Waals surface area contributed by atoms with Crippen LogP contribution in [0.25, 0.3) is 0 Å². The van der Waals surface area contributed by atoms with Crippen LogP contribution in [0.3, 0.4) is 0 Å². The molecule has 39 heavy (non-hydrogen) atoms. The van der Waals surface area contributed by atoms with E-state index in [9.17, 15) is 18.0 Å². The van der Waals surface area contributed by atoms with E-state index in [2.05, 4.69) is 21.2 Å². The minimum atomic E-state index is -3.85. The van der Waals surface area contributed by atoms with Gasteiger partial charge in [0.2, 0.25) is 21.8 Å². The molecule has 0 bridgehead atoms. The molecule has 3 rings (SSSR count). The van der Waals surface area contributed by atoms with Crippen LogP contribution in [-0.4, -0.2) is 50.5 Å². The van der Waals surface area contributed by atoms with Gasteiger partial charge in [0.05, 0.1) is 11.9 Å². The molecule has 0 saturated carbocycles. The molecule has 1 N–H and O–H groups in total. The number of carbonyl (C=O) groups excluding carboxylic acids is 2. The first-order chi connectivity index (χ1) is 18.6. The Bertz CT molecular complexity index is 1370. The molecule has 10 heteroatoms. The highest BCUT2D eigenvalue weighted by Crippen LogP contribution is 2.23. The number of hydrogen-bond donors (Lipinski definition) is 1. The third kappa shape index (κ3) is 9.37. The molecule has 208 valence electrons. The summed E-state index contributed by atoms with van der Waals surface area (Å²) in [5.41, 5.74) is 1.95. The standard InChI is InChI=1S/C29H33BrClN3O4S/c1-3-4-16-32-29(36)27(18-22-10-6-5-7-11-22)33(20-23-12-8-13-24(30)17-23)28(35)21-34(39(2,37)38)26-15-9-14-25(31)19-26/h5-15,17,19,27H,3-4,16,18,20-21H2,1-2H3,(H,32,36)/t27-/m0/s1. The van der Waals surface area contributed by atoms with Crippen LogP contribution in [0.2, 0.25) is 5.02 Å². The number of benzene rings is 3. The zero-order valence-corrected chi connectivity index (χ0v) is 25.2. The number of nitrogens with zero attached hydrogens (tertiary/aromatic N) is 2. The van der Waals surface area contributed by atoms with Crippen molar-refractivity contribution in [1.82, 2.24) is 10.2 Å². The number of hydrogen-bond acceptors (Lipinski definition) is 4. The first-order valence-corrected chi connectivity index (χ1v) is 15.7. The molecule has 3 aromatic rings. The normalized spacial score (nSPS) is 12.0. The highest BCUT2D eigenvalue weighted by Gasteiger charge is 2.33. The number of amides is 2. The maximum Gasteiger partial charge on any atom is 0.244 e. The van der Waals surface area contributed by atoms with Gasteiger partial charge in [0, 0.05) is 29.0 Å². The van der Waals surface area contributed by atoms with Gasteiger partial charge in [0.15, 0.2) is 0 Å². The molecule has 0 aliphatic carbocycles. The van der Waals surface area contributed by atoms with Gasteiger partial charge in [-0.25, -0.2) is 8.42 Å². The first kappa shape index (κ1) is 30.7. The minimum Gasteiger partial charge on any atom is -0.354 e. The van der Waals surface area contributed by atoms with Gasteiger partial charge in [-0.05, 0) is 47.9 Å². The highest BCUT2D eigenvalue weighted by molar-refractivity contribution is 9.10. The van der Waals surface area contributed by atoms with Crippen LogP contribution in [-0.2, 0) is 32.6 Å². The summed E-state index contributed by atoms with van der Waals surface area (Å²) in [5, 5.41) is 3.31. The summed E-state index contributed by atoms with van der Waals surface area (Å²) in [4.78, 5) is 29.0. The monoisotopic (exact) mass is 633 g/mol. The molecule has 1 atom stereocenters. The fourth-order valence-electron chi connectivity index (χ4n) is 4.14. The molecule has 0 aliphatic rings. The molecule has 3 aromatic carbocycles. The summed E-state index contributed by atoms with van der Waals surface area (Å²) in [5.74, 6) is -0.795. The van der Waals surface area contributed by atoms with Crippen LogP contribution in [0.1, 0.15) is 30.9 Å². The Hall–Kier alpha value is -2.88. The smallest absolute Gasteiger partial charge is 0.244 e. The largest absolute Gasteiger partial charge is 0.354 e. The lowest BCUT2D eigenvalue weighted by atomic mass is 10.0. The van der Waals surface area contributed by atoms with Gasteiger partial charge in [-0.3, -0.25) is 13.9 Å². The summed E-state index contributed by atoms with van der Waals surface area (Å²) < 4.78 is 27.4. The van der Waals surface area contributed by atoms with Crippen molar-refractivity contribution in [3.8, 4) is 0 Å². The predicted molar refractivity (Wildman–Crippen MR) is 160 cm³/mol. The van der Waals surface area contributed by atoms with Crippen LogP contribution < -0.4 is 9.62 Å².